The number of aryl methyl sites for hydroxylation is 2. The zero-order chi connectivity index (χ0) is 29.7. The van der Waals surface area contributed by atoms with Crippen molar-refractivity contribution >= 4 is 21.8 Å². The van der Waals surface area contributed by atoms with E-state index >= 15 is 0 Å². The van der Waals surface area contributed by atoms with Gasteiger partial charge in [0.05, 0.1) is 22.9 Å². The lowest BCUT2D eigenvalue weighted by Gasteiger charge is -2.11. The SMILES string of the molecule is Cc1cc(C(F)F)cc(C)c1-c1cnn(-c2cccc(Oc3ccc4c5ccccc5n(-c5cc(F)ccn5)c4c3)c2)c1. The number of hydrogen-bond donors (Lipinski definition) is 0. The van der Waals surface area contributed by atoms with Gasteiger partial charge in [-0.1, -0.05) is 24.3 Å². The molecular formula is C35H25F3N4O. The highest BCUT2D eigenvalue weighted by Crippen LogP contribution is 2.36. The number of benzene rings is 4. The first-order valence-corrected chi connectivity index (χ1v) is 13.7. The Kier molecular flexibility index (Phi) is 6.46. The summed E-state index contributed by atoms with van der Waals surface area (Å²) in [4.78, 5) is 4.43. The Morgan fingerprint density at radius 2 is 1.53 bits per heavy atom. The van der Waals surface area contributed by atoms with E-state index in [1.807, 2.05) is 91.3 Å². The normalized spacial score (nSPS) is 11.6. The van der Waals surface area contributed by atoms with Gasteiger partial charge in [-0.25, -0.2) is 22.8 Å². The zero-order valence-corrected chi connectivity index (χ0v) is 23.3. The second-order valence-corrected chi connectivity index (χ2v) is 10.5. The van der Waals surface area contributed by atoms with Crippen LogP contribution in [0.4, 0.5) is 13.2 Å². The topological polar surface area (TPSA) is 44.9 Å². The summed E-state index contributed by atoms with van der Waals surface area (Å²) < 4.78 is 50.7. The molecule has 0 aliphatic rings. The summed E-state index contributed by atoms with van der Waals surface area (Å²) in [6, 6.07) is 27.1. The van der Waals surface area contributed by atoms with Gasteiger partial charge in [-0.15, -0.1) is 0 Å². The number of pyridine rings is 1. The van der Waals surface area contributed by atoms with Crippen molar-refractivity contribution in [3.05, 3.63) is 132 Å². The first-order chi connectivity index (χ1) is 20.9. The van der Waals surface area contributed by atoms with Crippen LogP contribution in [0.3, 0.4) is 0 Å². The monoisotopic (exact) mass is 574 g/mol. The van der Waals surface area contributed by atoms with Crippen molar-refractivity contribution in [2.75, 3.05) is 0 Å². The summed E-state index contributed by atoms with van der Waals surface area (Å²) in [6.45, 7) is 3.67. The van der Waals surface area contributed by atoms with Gasteiger partial charge in [-0.2, -0.15) is 5.10 Å². The van der Waals surface area contributed by atoms with Gasteiger partial charge in [-0.3, -0.25) is 4.57 Å². The average Bonchev–Trinajstić information content (AvgIpc) is 3.60. The molecule has 212 valence electrons. The van der Waals surface area contributed by atoms with Crippen molar-refractivity contribution in [2.24, 2.45) is 0 Å². The minimum absolute atomic E-state index is 0.0155. The molecule has 0 aliphatic carbocycles. The molecule has 7 aromatic rings. The maximum atomic E-state index is 14.2. The third-order valence-electron chi connectivity index (χ3n) is 7.58. The fourth-order valence-corrected chi connectivity index (χ4v) is 5.77. The van der Waals surface area contributed by atoms with Crippen LogP contribution < -0.4 is 4.74 Å². The van der Waals surface area contributed by atoms with Crippen molar-refractivity contribution in [2.45, 2.75) is 20.3 Å². The fraction of sp³-hybridized carbons (Fsp3) is 0.0857. The van der Waals surface area contributed by atoms with Gasteiger partial charge in [-0.05, 0) is 79.1 Å². The zero-order valence-electron chi connectivity index (χ0n) is 23.3. The minimum atomic E-state index is -2.51. The van der Waals surface area contributed by atoms with E-state index < -0.39 is 6.43 Å². The molecule has 0 saturated carbocycles. The molecule has 7 rings (SSSR count). The molecule has 0 aliphatic heterocycles. The molecule has 0 amide bonds. The summed E-state index contributed by atoms with van der Waals surface area (Å²) in [5, 5.41) is 6.57. The van der Waals surface area contributed by atoms with Gasteiger partial charge in [0, 0.05) is 52.5 Å². The lowest BCUT2D eigenvalue weighted by Crippen LogP contribution is -1.98. The standard InChI is InChI=1S/C35H25F3N4O/c1-21-14-23(35(37)38)15-22(2)34(21)24-19-40-41(20-24)26-6-5-7-27(17-26)43-28-10-11-30-29-8-3-4-9-31(29)42(32(30)18-28)33-16-25(36)12-13-39-33/h3-20,35H,1-2H3. The van der Waals surface area contributed by atoms with Crippen LogP contribution in [0.25, 0.3) is 44.4 Å². The van der Waals surface area contributed by atoms with Gasteiger partial charge in [0.1, 0.15) is 23.1 Å². The van der Waals surface area contributed by atoms with Crippen LogP contribution in [0.2, 0.25) is 0 Å². The Labute approximate surface area is 245 Å². The molecule has 0 bridgehead atoms. The van der Waals surface area contributed by atoms with Crippen molar-refractivity contribution in [3.8, 4) is 34.1 Å². The summed E-state index contributed by atoms with van der Waals surface area (Å²) in [6.07, 6.45) is 2.56. The number of ether oxygens (including phenoxy) is 1. The number of aromatic nitrogens is 4. The third-order valence-corrected chi connectivity index (χ3v) is 7.58. The van der Waals surface area contributed by atoms with E-state index in [-0.39, 0.29) is 11.4 Å². The van der Waals surface area contributed by atoms with Crippen molar-refractivity contribution in [1.29, 1.82) is 0 Å². The van der Waals surface area contributed by atoms with Crippen LogP contribution in [-0.4, -0.2) is 19.3 Å². The Morgan fingerprint density at radius 3 is 2.33 bits per heavy atom. The van der Waals surface area contributed by atoms with E-state index in [4.69, 9.17) is 4.74 Å². The highest BCUT2D eigenvalue weighted by Gasteiger charge is 2.16. The number of halogens is 3. The molecule has 0 unspecified atom stereocenters. The summed E-state index contributed by atoms with van der Waals surface area (Å²) >= 11 is 0. The highest BCUT2D eigenvalue weighted by atomic mass is 19.3. The molecule has 4 aromatic carbocycles. The van der Waals surface area contributed by atoms with Gasteiger partial charge in [0.25, 0.3) is 6.43 Å². The molecule has 0 atom stereocenters. The van der Waals surface area contributed by atoms with Gasteiger partial charge >= 0.3 is 0 Å². The lowest BCUT2D eigenvalue weighted by atomic mass is 9.95. The quantitative estimate of drug-likeness (QED) is 0.199. The lowest BCUT2D eigenvalue weighted by molar-refractivity contribution is 0.151. The van der Waals surface area contributed by atoms with Crippen LogP contribution in [0.1, 0.15) is 23.1 Å². The molecule has 0 spiro atoms. The molecule has 0 saturated heterocycles. The molecule has 8 heteroatoms. The van der Waals surface area contributed by atoms with Crippen LogP contribution in [0.15, 0.2) is 110 Å². The van der Waals surface area contributed by atoms with E-state index in [2.05, 4.69) is 10.1 Å². The first kappa shape index (κ1) is 26.5. The third kappa shape index (κ3) is 4.80. The number of fused-ring (bicyclic) bond motifs is 3. The fourth-order valence-electron chi connectivity index (χ4n) is 5.77. The molecule has 43 heavy (non-hydrogen) atoms. The van der Waals surface area contributed by atoms with Crippen molar-refractivity contribution < 1.29 is 17.9 Å². The Balaban J connectivity index is 1.23. The molecule has 3 aromatic heterocycles. The van der Waals surface area contributed by atoms with E-state index in [1.165, 1.54) is 30.5 Å². The smallest absolute Gasteiger partial charge is 0.263 e. The number of alkyl halides is 2. The van der Waals surface area contributed by atoms with Gasteiger partial charge in [0.2, 0.25) is 0 Å². The van der Waals surface area contributed by atoms with Crippen LogP contribution in [-0.2, 0) is 0 Å². The van der Waals surface area contributed by atoms with E-state index in [9.17, 15) is 13.2 Å². The summed E-state index contributed by atoms with van der Waals surface area (Å²) in [7, 11) is 0. The highest BCUT2D eigenvalue weighted by molar-refractivity contribution is 6.09. The summed E-state index contributed by atoms with van der Waals surface area (Å²) in [5.41, 5.74) is 5.82. The Hall–Kier alpha value is -5.37. The predicted molar refractivity (Wildman–Crippen MR) is 162 cm³/mol. The predicted octanol–water partition coefficient (Wildman–Crippen LogP) is 9.52. The molecule has 0 fully saturated rings. The molecule has 3 heterocycles. The van der Waals surface area contributed by atoms with Crippen molar-refractivity contribution in [1.82, 2.24) is 19.3 Å². The molecule has 0 radical (unpaired) electrons. The van der Waals surface area contributed by atoms with E-state index in [1.54, 1.807) is 10.9 Å². The molecule has 5 nitrogen and oxygen atoms in total. The Morgan fingerprint density at radius 1 is 0.767 bits per heavy atom. The van der Waals surface area contributed by atoms with E-state index in [0.717, 1.165) is 49.7 Å². The second-order valence-electron chi connectivity index (χ2n) is 10.5. The maximum absolute atomic E-state index is 14.2. The van der Waals surface area contributed by atoms with Gasteiger partial charge in [0.15, 0.2) is 0 Å². The van der Waals surface area contributed by atoms with E-state index in [0.29, 0.717) is 17.3 Å². The van der Waals surface area contributed by atoms with Crippen molar-refractivity contribution in [3.63, 3.8) is 0 Å². The maximum Gasteiger partial charge on any atom is 0.263 e. The summed E-state index contributed by atoms with van der Waals surface area (Å²) in [5.74, 6) is 1.33. The average molecular weight is 575 g/mol. The number of hydrogen-bond acceptors (Lipinski definition) is 3. The number of para-hydroxylation sites is 1. The van der Waals surface area contributed by atoms with Crippen LogP contribution in [0, 0.1) is 19.7 Å². The van der Waals surface area contributed by atoms with Crippen LogP contribution in [0.5, 0.6) is 11.5 Å². The number of nitrogens with zero attached hydrogens (tertiary/aromatic N) is 4. The first-order valence-electron chi connectivity index (χ1n) is 13.7. The molecule has 0 N–H and O–H groups in total. The Bertz CT molecular complexity index is 2120. The van der Waals surface area contributed by atoms with Crippen LogP contribution >= 0.6 is 0 Å². The largest absolute Gasteiger partial charge is 0.457 e. The van der Waals surface area contributed by atoms with Gasteiger partial charge < -0.3 is 4.74 Å². The molecular weight excluding hydrogens is 549 g/mol. The number of rotatable bonds is 6. The second kappa shape index (κ2) is 10.5. The minimum Gasteiger partial charge on any atom is -0.457 e.